The number of fused-ring (bicyclic) bond motifs is 1. The maximum atomic E-state index is 12.5. The lowest BCUT2D eigenvalue weighted by Gasteiger charge is -2.23. The third-order valence-corrected chi connectivity index (χ3v) is 5.61. The first kappa shape index (κ1) is 18.0. The summed E-state index contributed by atoms with van der Waals surface area (Å²) < 4.78 is 0. The van der Waals surface area contributed by atoms with Gasteiger partial charge in [0.2, 0.25) is 5.91 Å². The second-order valence-electron chi connectivity index (χ2n) is 7.27. The van der Waals surface area contributed by atoms with E-state index in [1.165, 1.54) is 0 Å². The lowest BCUT2D eigenvalue weighted by Crippen LogP contribution is -2.42. The van der Waals surface area contributed by atoms with Crippen molar-refractivity contribution >= 4 is 34.1 Å². The fraction of sp³-hybridized carbons (Fsp3) is 0.450. The average molecular weight is 384 g/mol. The van der Waals surface area contributed by atoms with Gasteiger partial charge in [-0.3, -0.25) is 14.7 Å². The topological polar surface area (TPSA) is 72.3 Å². The van der Waals surface area contributed by atoms with Crippen molar-refractivity contribution in [1.29, 1.82) is 5.26 Å². The zero-order chi connectivity index (χ0) is 18.8. The quantitative estimate of drug-likeness (QED) is 0.878. The van der Waals surface area contributed by atoms with Crippen LogP contribution in [-0.4, -0.2) is 59.0 Å². The summed E-state index contributed by atoms with van der Waals surface area (Å²) in [7, 11) is 0. The molecule has 2 saturated heterocycles. The van der Waals surface area contributed by atoms with Crippen molar-refractivity contribution in [2.24, 2.45) is 0 Å². The van der Waals surface area contributed by atoms with Gasteiger partial charge in [0, 0.05) is 42.9 Å². The molecule has 0 saturated carbocycles. The summed E-state index contributed by atoms with van der Waals surface area (Å²) in [5.74, 6) is 0.0702. The fourth-order valence-corrected chi connectivity index (χ4v) is 4.20. The Morgan fingerprint density at radius 2 is 2.26 bits per heavy atom. The highest BCUT2D eigenvalue weighted by Gasteiger charge is 2.31. The number of nitriles is 1. The second kappa shape index (κ2) is 7.71. The molecule has 2 aliphatic rings. The first-order chi connectivity index (χ1) is 13.1. The Balaban J connectivity index is 1.38. The van der Waals surface area contributed by atoms with E-state index >= 15 is 0 Å². The molecule has 1 N–H and O–H groups in total. The van der Waals surface area contributed by atoms with Crippen molar-refractivity contribution in [1.82, 2.24) is 14.8 Å². The van der Waals surface area contributed by atoms with Crippen LogP contribution in [0.4, 0.5) is 5.69 Å². The van der Waals surface area contributed by atoms with Crippen molar-refractivity contribution in [2.75, 3.05) is 31.5 Å². The van der Waals surface area contributed by atoms with Gasteiger partial charge < -0.3 is 10.2 Å². The zero-order valence-electron chi connectivity index (χ0n) is 15.1. The average Bonchev–Trinajstić information content (AvgIpc) is 3.31. The monoisotopic (exact) mass is 383 g/mol. The Kier molecular flexibility index (Phi) is 5.15. The number of nitrogens with one attached hydrogen (secondary N) is 1. The number of pyridine rings is 1. The molecule has 4 rings (SSSR count). The van der Waals surface area contributed by atoms with E-state index in [1.807, 2.05) is 24.3 Å². The molecule has 0 bridgehead atoms. The molecule has 2 aliphatic heterocycles. The van der Waals surface area contributed by atoms with E-state index in [2.05, 4.69) is 21.3 Å². The van der Waals surface area contributed by atoms with Crippen molar-refractivity contribution in [3.8, 4) is 6.07 Å². The van der Waals surface area contributed by atoms with Crippen LogP contribution in [0.25, 0.3) is 10.9 Å². The summed E-state index contributed by atoms with van der Waals surface area (Å²) in [5.41, 5.74) is 1.93. The number of likely N-dealkylation sites (tertiary alicyclic amines) is 2. The van der Waals surface area contributed by atoms with Crippen LogP contribution < -0.4 is 5.32 Å². The van der Waals surface area contributed by atoms with E-state index in [1.54, 1.807) is 11.1 Å². The molecule has 0 spiro atoms. The smallest absolute Gasteiger partial charge is 0.237 e. The Labute approximate surface area is 163 Å². The molecule has 1 aromatic heterocycles. The van der Waals surface area contributed by atoms with E-state index in [-0.39, 0.29) is 18.0 Å². The number of rotatable bonds is 4. The van der Waals surface area contributed by atoms with Gasteiger partial charge in [-0.1, -0.05) is 17.7 Å². The van der Waals surface area contributed by atoms with E-state index in [0.29, 0.717) is 18.1 Å². The summed E-state index contributed by atoms with van der Waals surface area (Å²) in [6.07, 6.45) is 4.35. The molecule has 6 nitrogen and oxygen atoms in total. The number of amides is 1. The van der Waals surface area contributed by atoms with Gasteiger partial charge in [0.1, 0.15) is 6.04 Å². The van der Waals surface area contributed by atoms with Gasteiger partial charge in [-0.2, -0.15) is 5.26 Å². The third kappa shape index (κ3) is 3.85. The molecular weight excluding hydrogens is 362 g/mol. The Bertz CT molecular complexity index is 896. The van der Waals surface area contributed by atoms with Crippen LogP contribution in [0.3, 0.4) is 0 Å². The van der Waals surface area contributed by atoms with Crippen LogP contribution in [0.1, 0.15) is 19.3 Å². The molecule has 2 aromatic rings. The molecule has 0 radical (unpaired) electrons. The molecule has 3 heterocycles. The fourth-order valence-electron chi connectivity index (χ4n) is 4.05. The molecule has 0 aliphatic carbocycles. The number of nitrogens with zero attached hydrogens (tertiary/aromatic N) is 4. The summed E-state index contributed by atoms with van der Waals surface area (Å²) in [5, 5.41) is 14.4. The number of carbonyl (C=O) groups is 1. The number of hydrogen-bond acceptors (Lipinski definition) is 5. The summed E-state index contributed by atoms with van der Waals surface area (Å²) in [4.78, 5) is 20.8. The van der Waals surface area contributed by atoms with E-state index in [0.717, 1.165) is 48.9 Å². The summed E-state index contributed by atoms with van der Waals surface area (Å²) in [6.45, 7) is 2.77. The van der Waals surface area contributed by atoms with E-state index < -0.39 is 0 Å². The molecule has 140 valence electrons. The first-order valence-corrected chi connectivity index (χ1v) is 9.74. The minimum absolute atomic E-state index is 0.0702. The van der Waals surface area contributed by atoms with E-state index in [4.69, 9.17) is 11.6 Å². The predicted octanol–water partition coefficient (Wildman–Crippen LogP) is 2.89. The van der Waals surface area contributed by atoms with Gasteiger partial charge in [0.25, 0.3) is 0 Å². The number of halogens is 1. The molecule has 2 fully saturated rings. The van der Waals surface area contributed by atoms with Crippen LogP contribution in [0, 0.1) is 11.3 Å². The number of aromatic nitrogens is 1. The Morgan fingerprint density at radius 1 is 1.37 bits per heavy atom. The van der Waals surface area contributed by atoms with Crippen molar-refractivity contribution in [3.63, 3.8) is 0 Å². The third-order valence-electron chi connectivity index (χ3n) is 5.41. The normalized spacial score (nSPS) is 22.9. The van der Waals surface area contributed by atoms with E-state index in [9.17, 15) is 10.1 Å². The molecular formula is C20H22ClN5O. The number of hydrogen-bond donors (Lipinski definition) is 1. The second-order valence-corrected chi connectivity index (χ2v) is 7.70. The van der Waals surface area contributed by atoms with Gasteiger partial charge in [0.15, 0.2) is 0 Å². The van der Waals surface area contributed by atoms with Crippen LogP contribution in [0.15, 0.2) is 30.5 Å². The van der Waals surface area contributed by atoms with Crippen molar-refractivity contribution < 1.29 is 4.79 Å². The minimum Gasteiger partial charge on any atom is -0.380 e. The minimum atomic E-state index is -0.248. The molecule has 7 heteroatoms. The van der Waals surface area contributed by atoms with Gasteiger partial charge >= 0.3 is 0 Å². The standard InChI is InChI=1S/C20H22ClN5O/c21-14-9-17-18(23-11-14)4-1-5-19(17)24-15-6-8-25(12-15)13-20(27)26-7-2-3-16(26)10-22/h1,4-5,9,11,15-16,24H,2-3,6-8,12-13H2/t15-,16?/m0/s1. The van der Waals surface area contributed by atoms with Crippen molar-refractivity contribution in [3.05, 3.63) is 35.5 Å². The number of anilines is 1. The van der Waals surface area contributed by atoms with Gasteiger partial charge in [-0.25, -0.2) is 0 Å². The van der Waals surface area contributed by atoms with Crippen LogP contribution in [-0.2, 0) is 4.79 Å². The lowest BCUT2D eigenvalue weighted by molar-refractivity contribution is -0.132. The van der Waals surface area contributed by atoms with Gasteiger partial charge in [0.05, 0.1) is 23.2 Å². The van der Waals surface area contributed by atoms with Gasteiger partial charge in [-0.05, 0) is 37.5 Å². The number of carbonyl (C=O) groups excluding carboxylic acids is 1. The summed E-state index contributed by atoms with van der Waals surface area (Å²) in [6, 6.07) is 10.2. The largest absolute Gasteiger partial charge is 0.380 e. The lowest BCUT2D eigenvalue weighted by atomic mass is 10.1. The number of benzene rings is 1. The molecule has 1 aromatic carbocycles. The SMILES string of the molecule is N#CC1CCCN1C(=O)CN1CC[C@H](Nc2cccc3ncc(Cl)cc23)C1. The Morgan fingerprint density at radius 3 is 3.11 bits per heavy atom. The first-order valence-electron chi connectivity index (χ1n) is 9.36. The maximum absolute atomic E-state index is 12.5. The maximum Gasteiger partial charge on any atom is 0.237 e. The zero-order valence-corrected chi connectivity index (χ0v) is 15.8. The Hall–Kier alpha value is -2.36. The highest BCUT2D eigenvalue weighted by atomic mass is 35.5. The predicted molar refractivity (Wildman–Crippen MR) is 106 cm³/mol. The molecule has 2 atom stereocenters. The van der Waals surface area contributed by atoms with Crippen LogP contribution >= 0.6 is 11.6 Å². The van der Waals surface area contributed by atoms with Crippen molar-refractivity contribution in [2.45, 2.75) is 31.3 Å². The highest BCUT2D eigenvalue weighted by molar-refractivity contribution is 6.31. The van der Waals surface area contributed by atoms with Crippen LogP contribution in [0.2, 0.25) is 5.02 Å². The summed E-state index contributed by atoms with van der Waals surface area (Å²) >= 11 is 6.11. The van der Waals surface area contributed by atoms with Crippen LogP contribution in [0.5, 0.6) is 0 Å². The van der Waals surface area contributed by atoms with Gasteiger partial charge in [-0.15, -0.1) is 0 Å². The highest BCUT2D eigenvalue weighted by Crippen LogP contribution is 2.27. The molecule has 1 unspecified atom stereocenters. The molecule has 27 heavy (non-hydrogen) atoms. The molecule has 1 amide bonds.